The lowest BCUT2D eigenvalue weighted by molar-refractivity contribution is -0.403. The highest BCUT2D eigenvalue weighted by molar-refractivity contribution is 5.67. The fraction of sp³-hybridized carbons (Fsp3) is 0.973. The fourth-order valence-corrected chi connectivity index (χ4v) is 9.12. The zero-order valence-electron chi connectivity index (χ0n) is 35.4. The number of aliphatic hydroxyl groups is 17. The van der Waals surface area contributed by atoms with Crippen molar-refractivity contribution in [2.75, 3.05) is 33.0 Å². The molecule has 22 aliphatic heterocycles. The van der Waals surface area contributed by atoms with E-state index in [0.717, 1.165) is 0 Å². The summed E-state index contributed by atoms with van der Waals surface area (Å²) in [5.74, 6) is -1.58. The summed E-state index contributed by atoms with van der Waals surface area (Å²) in [6.07, 6.45) is -61.1. The number of rotatable bonds is 7. The molecule has 30 atom stereocenters. The van der Waals surface area contributed by atoms with Crippen molar-refractivity contribution in [2.45, 2.75) is 191 Å². The second-order valence-electron chi connectivity index (χ2n) is 17.3. The van der Waals surface area contributed by atoms with Crippen LogP contribution in [0.5, 0.6) is 0 Å². The number of carboxylic acids is 1. The Morgan fingerprint density at radius 1 is 0.265 bits per heavy atom. The maximum atomic E-state index is 12.0. The van der Waals surface area contributed by atoms with Gasteiger partial charge in [-0.15, -0.1) is 0 Å². The third-order valence-corrected chi connectivity index (χ3v) is 12.9. The van der Waals surface area contributed by atoms with E-state index in [4.69, 9.17) is 56.8 Å². The van der Waals surface area contributed by atoms with Crippen LogP contribution in [0.1, 0.15) is 6.42 Å². The van der Waals surface area contributed by atoms with Crippen LogP contribution in [0.3, 0.4) is 0 Å². The monoisotopic (exact) mass is 1000 g/mol. The van der Waals surface area contributed by atoms with Gasteiger partial charge in [-0.25, -0.2) is 0 Å². The van der Waals surface area contributed by atoms with Crippen LogP contribution in [0.2, 0.25) is 0 Å². The van der Waals surface area contributed by atoms with Gasteiger partial charge in [0.05, 0.1) is 39.5 Å². The SMILES string of the molecule is O=C(O)C[C@H]1O[C@@H]2O[C@H]3[C@H](O)[C@@H](O)[C@@H](O[C@H]4[C@H](O)[C@@H](O)[C@@H](O[C@H]5[C@H](O)[C@@H](O)[C@@H](O[C@H]6[C@H](O)[C@@H](O)[C@@H](O[C@H]7[C@H](O)[C@@H](O)[C@@H](O[C@H]1[C@H](O)[C@H]2O)O[C@@H]7CO)O[C@@H]6CO)O[C@@H]5CO)O[C@@H]4CO)O[C@@H]3CO. The molecule has 31 nitrogen and oxygen atoms in total. The highest BCUT2D eigenvalue weighted by Gasteiger charge is 2.58. The third kappa shape index (κ3) is 10.5. The summed E-state index contributed by atoms with van der Waals surface area (Å²) < 4.78 is 67.8. The molecule has 0 aromatic rings. The molecule has 0 aromatic heterocycles. The summed E-state index contributed by atoms with van der Waals surface area (Å²) in [4.78, 5) is 12.0. The number of aliphatic hydroxyl groups excluding tert-OH is 17. The average Bonchev–Trinajstić information content (AvgIpc) is 3.31. The zero-order chi connectivity index (χ0) is 49.6. The lowest BCUT2D eigenvalue weighted by Gasteiger charge is -2.50. The van der Waals surface area contributed by atoms with Crippen molar-refractivity contribution in [3.63, 3.8) is 0 Å². The Morgan fingerprint density at radius 2 is 0.426 bits per heavy atom. The van der Waals surface area contributed by atoms with E-state index in [9.17, 15) is 96.7 Å². The van der Waals surface area contributed by atoms with Gasteiger partial charge in [0, 0.05) is 0 Å². The van der Waals surface area contributed by atoms with Gasteiger partial charge in [-0.1, -0.05) is 0 Å². The van der Waals surface area contributed by atoms with Crippen molar-refractivity contribution in [1.82, 2.24) is 0 Å². The van der Waals surface area contributed by atoms with E-state index in [1.54, 1.807) is 0 Å². The van der Waals surface area contributed by atoms with Crippen LogP contribution in [0, 0.1) is 0 Å². The molecule has 22 aliphatic rings. The van der Waals surface area contributed by atoms with Crippen LogP contribution in [0.25, 0.3) is 0 Å². The lowest BCUT2D eigenvalue weighted by atomic mass is 9.94. The number of aliphatic carboxylic acids is 1. The molecule has 31 heteroatoms. The highest BCUT2D eigenvalue weighted by Crippen LogP contribution is 2.38. The Hall–Kier alpha value is -1.69. The molecule has 0 aliphatic carbocycles. The maximum absolute atomic E-state index is 12.0. The largest absolute Gasteiger partial charge is 0.481 e. The van der Waals surface area contributed by atoms with Crippen molar-refractivity contribution in [1.29, 1.82) is 0 Å². The van der Waals surface area contributed by atoms with Gasteiger partial charge in [-0.05, 0) is 0 Å². The Morgan fingerprint density at radius 3 is 0.588 bits per heavy atom. The second kappa shape index (κ2) is 22.6. The van der Waals surface area contributed by atoms with E-state index in [-0.39, 0.29) is 0 Å². The van der Waals surface area contributed by atoms with Gasteiger partial charge in [-0.3, -0.25) is 4.79 Å². The normalized spacial score (nSPS) is 54.0. The van der Waals surface area contributed by atoms with Crippen LogP contribution in [0.4, 0.5) is 0 Å². The summed E-state index contributed by atoms with van der Waals surface area (Å²) in [7, 11) is 0. The average molecular weight is 1000 g/mol. The standard InChI is InChI=1S/C37H60O31/c38-2-8-27-16(47)22(53)34(59-8)66-29-10(4-40)61-36(24(55)18(29)49)68-31-12(6-42)62-37(25(56)19(31)50)67-30-11(5-41)60-35(23(54)17(30)48)65-28-9(3-39)58-33(21(52)15(28)46)63-26-7(1-13(43)44)57-32(64-27)20(51)14(26)45/h7-12,14-42,45-56H,1-6H2,(H,43,44)/t7-,8-,9-,10-,11-,12-,14-,15-,16-,17-,18-,19-,20-,21-,22-,23-,24-,25-,26-,27-,28-,29-,30-,31-,32-,33-,34-,35-,36-,37-/m1/s1. The van der Waals surface area contributed by atoms with Crippen LogP contribution < -0.4 is 0 Å². The van der Waals surface area contributed by atoms with Crippen LogP contribution >= 0.6 is 0 Å². The fourth-order valence-electron chi connectivity index (χ4n) is 9.12. The number of carboxylic acid groups (broad SMARTS) is 1. The van der Waals surface area contributed by atoms with Crippen LogP contribution in [-0.4, -0.2) is 315 Å². The Kier molecular flexibility index (Phi) is 18.0. The van der Waals surface area contributed by atoms with Crippen molar-refractivity contribution in [3.8, 4) is 0 Å². The maximum Gasteiger partial charge on any atom is 0.306 e. The van der Waals surface area contributed by atoms with E-state index >= 15 is 0 Å². The van der Waals surface area contributed by atoms with E-state index in [1.807, 2.05) is 0 Å². The predicted molar refractivity (Wildman–Crippen MR) is 201 cm³/mol. The van der Waals surface area contributed by atoms with E-state index in [0.29, 0.717) is 0 Å². The minimum atomic E-state index is -2.24. The van der Waals surface area contributed by atoms with E-state index < -0.39 is 230 Å². The molecule has 22 heterocycles. The van der Waals surface area contributed by atoms with Crippen molar-refractivity contribution >= 4 is 5.97 Å². The second-order valence-corrected chi connectivity index (χ2v) is 17.3. The summed E-state index contributed by atoms with van der Waals surface area (Å²) in [6, 6.07) is 0. The molecule has 0 saturated carbocycles. The van der Waals surface area contributed by atoms with Crippen LogP contribution in [0.15, 0.2) is 0 Å². The van der Waals surface area contributed by atoms with Crippen LogP contribution in [-0.2, 0) is 61.6 Å². The number of carbonyl (C=O) groups is 1. The molecule has 0 spiro atoms. The first-order chi connectivity index (χ1) is 32.3. The number of hydrogen-bond donors (Lipinski definition) is 18. The van der Waals surface area contributed by atoms with Gasteiger partial charge >= 0.3 is 5.97 Å². The topological polar surface area (TPSA) is 492 Å². The van der Waals surface area contributed by atoms with Gasteiger partial charge < -0.3 is 149 Å². The molecule has 0 aromatic carbocycles. The Bertz CT molecular complexity index is 1610. The molecule has 22 fully saturated rings. The number of ether oxygens (including phenoxy) is 12. The molecule has 0 amide bonds. The summed E-state index contributed by atoms with van der Waals surface area (Å²) in [5.41, 5.74) is 0. The van der Waals surface area contributed by atoms with Gasteiger partial charge in [0.15, 0.2) is 37.7 Å². The minimum Gasteiger partial charge on any atom is -0.481 e. The summed E-state index contributed by atoms with van der Waals surface area (Å²) in [6.45, 7) is -5.15. The molecule has 68 heavy (non-hydrogen) atoms. The first-order valence-corrected chi connectivity index (χ1v) is 21.6. The summed E-state index contributed by atoms with van der Waals surface area (Å²) in [5, 5.41) is 196. The Balaban J connectivity index is 1.20. The minimum absolute atomic E-state index is 1.01. The predicted octanol–water partition coefficient (Wildman–Crippen LogP) is -12.6. The quantitative estimate of drug-likeness (QED) is 0.113. The van der Waals surface area contributed by atoms with Crippen molar-refractivity contribution in [3.05, 3.63) is 0 Å². The summed E-state index contributed by atoms with van der Waals surface area (Å²) >= 11 is 0. The molecule has 394 valence electrons. The Labute approximate surface area is 383 Å². The van der Waals surface area contributed by atoms with Gasteiger partial charge in [0.2, 0.25) is 0 Å². The first kappa shape index (κ1) is 54.1. The van der Waals surface area contributed by atoms with Gasteiger partial charge in [0.25, 0.3) is 0 Å². The molecular formula is C37H60O31. The molecule has 0 radical (unpaired) electrons. The zero-order valence-corrected chi connectivity index (χ0v) is 35.4. The number of hydrogen-bond acceptors (Lipinski definition) is 30. The third-order valence-electron chi connectivity index (χ3n) is 12.9. The smallest absolute Gasteiger partial charge is 0.306 e. The van der Waals surface area contributed by atoms with E-state index in [2.05, 4.69) is 0 Å². The molecule has 22 rings (SSSR count). The lowest BCUT2D eigenvalue weighted by Crippen LogP contribution is -2.69. The first-order valence-electron chi connectivity index (χ1n) is 21.6. The molecule has 22 saturated heterocycles. The molecule has 0 unspecified atom stereocenters. The van der Waals surface area contributed by atoms with E-state index in [1.165, 1.54) is 0 Å². The van der Waals surface area contributed by atoms with Gasteiger partial charge in [0.1, 0.15) is 146 Å². The highest BCUT2D eigenvalue weighted by atomic mass is 16.8. The van der Waals surface area contributed by atoms with Gasteiger partial charge in [-0.2, -0.15) is 0 Å². The van der Waals surface area contributed by atoms with Crippen molar-refractivity contribution in [2.24, 2.45) is 0 Å². The van der Waals surface area contributed by atoms with Crippen molar-refractivity contribution < 1.29 is 154 Å². The molecule has 12 bridgehead atoms. The molecular weight excluding hydrogens is 940 g/mol. The molecule has 18 N–H and O–H groups in total.